The maximum Gasteiger partial charge on any atom is 0.262 e. The molecule has 0 atom stereocenters. The Morgan fingerprint density at radius 3 is 2.24 bits per heavy atom. The second kappa shape index (κ2) is 8.58. The minimum atomic E-state index is -0.487. The van der Waals surface area contributed by atoms with Crippen LogP contribution in [0.25, 0.3) is 5.82 Å². The summed E-state index contributed by atoms with van der Waals surface area (Å²) in [7, 11) is 0. The van der Waals surface area contributed by atoms with E-state index in [1.165, 1.54) is 0 Å². The van der Waals surface area contributed by atoms with Crippen molar-refractivity contribution < 1.29 is 19.1 Å². The van der Waals surface area contributed by atoms with E-state index >= 15 is 0 Å². The van der Waals surface area contributed by atoms with Gasteiger partial charge in [-0.3, -0.25) is 23.9 Å². The number of imide groups is 1. The first-order valence-corrected chi connectivity index (χ1v) is 10.4. The van der Waals surface area contributed by atoms with Gasteiger partial charge in [-0.15, -0.1) is 10.2 Å². The number of carbonyl (C=O) groups is 3. The molecule has 10 heteroatoms. The van der Waals surface area contributed by atoms with Gasteiger partial charge in [-0.05, 0) is 49.4 Å². The van der Waals surface area contributed by atoms with Crippen LogP contribution in [0.5, 0.6) is 11.6 Å². The molecular weight excluding hydrogens is 436 g/mol. The first kappa shape index (κ1) is 21.0. The van der Waals surface area contributed by atoms with Crippen LogP contribution >= 0.6 is 0 Å². The molecule has 0 aliphatic carbocycles. The zero-order valence-corrected chi connectivity index (χ0v) is 18.0. The standard InChI is InChI=1S/C24H18N6O4/c1-15-25-12-13-29(15)20-10-11-22(28-27-20)34-17-8-6-16(7-9-17)26-21(31)14-30-23(32)18-4-2-3-5-19(18)24(30)33/h2-13H,14H2,1H3,(H,26,31). The molecule has 5 rings (SSSR count). The van der Waals surface area contributed by atoms with Gasteiger partial charge in [0.15, 0.2) is 5.82 Å². The SMILES string of the molecule is Cc1nccn1-c1ccc(Oc2ccc(NC(=O)CN3C(=O)c4ccccc4C3=O)cc2)nn1. The number of fused-ring (bicyclic) bond motifs is 1. The van der Waals surface area contributed by atoms with E-state index in [-0.39, 0.29) is 6.54 Å². The van der Waals surface area contributed by atoms with E-state index in [1.54, 1.807) is 77.6 Å². The highest BCUT2D eigenvalue weighted by Gasteiger charge is 2.36. The summed E-state index contributed by atoms with van der Waals surface area (Å²) in [6.45, 7) is 1.50. The summed E-state index contributed by atoms with van der Waals surface area (Å²) in [5.74, 6) is 0.786. The average Bonchev–Trinajstić information content (AvgIpc) is 3.38. The summed E-state index contributed by atoms with van der Waals surface area (Å²) in [4.78, 5) is 42.3. The fourth-order valence-corrected chi connectivity index (χ4v) is 3.57. The van der Waals surface area contributed by atoms with Crippen molar-refractivity contribution in [2.75, 3.05) is 11.9 Å². The van der Waals surface area contributed by atoms with Gasteiger partial charge in [0.1, 0.15) is 18.1 Å². The number of imidazole rings is 1. The molecule has 34 heavy (non-hydrogen) atoms. The average molecular weight is 454 g/mol. The van der Waals surface area contributed by atoms with Crippen molar-refractivity contribution in [1.29, 1.82) is 0 Å². The van der Waals surface area contributed by atoms with E-state index in [2.05, 4.69) is 20.5 Å². The highest BCUT2D eigenvalue weighted by Crippen LogP contribution is 2.24. The van der Waals surface area contributed by atoms with E-state index in [1.807, 2.05) is 6.92 Å². The third kappa shape index (κ3) is 3.99. The Hall–Kier alpha value is -4.86. The molecule has 2 aromatic carbocycles. The number of carbonyl (C=O) groups excluding carboxylic acids is 3. The number of nitrogens with zero attached hydrogens (tertiary/aromatic N) is 5. The second-order valence-corrected chi connectivity index (χ2v) is 7.49. The first-order chi connectivity index (χ1) is 16.5. The number of aromatic nitrogens is 4. The molecule has 1 aliphatic rings. The lowest BCUT2D eigenvalue weighted by atomic mass is 10.1. The molecule has 0 fully saturated rings. The van der Waals surface area contributed by atoms with Crippen molar-refractivity contribution in [1.82, 2.24) is 24.6 Å². The topological polar surface area (TPSA) is 119 Å². The highest BCUT2D eigenvalue weighted by molar-refractivity contribution is 6.22. The smallest absolute Gasteiger partial charge is 0.262 e. The Labute approximate surface area is 193 Å². The predicted molar refractivity (Wildman–Crippen MR) is 121 cm³/mol. The van der Waals surface area contributed by atoms with Gasteiger partial charge in [-0.25, -0.2) is 4.98 Å². The summed E-state index contributed by atoms with van der Waals surface area (Å²) in [5, 5.41) is 10.9. The molecule has 1 N–H and O–H groups in total. The van der Waals surface area contributed by atoms with Crippen LogP contribution < -0.4 is 10.1 Å². The van der Waals surface area contributed by atoms with Crippen LogP contribution in [0.2, 0.25) is 0 Å². The lowest BCUT2D eigenvalue weighted by Gasteiger charge is -2.14. The lowest BCUT2D eigenvalue weighted by Crippen LogP contribution is -2.37. The number of anilines is 1. The lowest BCUT2D eigenvalue weighted by molar-refractivity contribution is -0.116. The number of benzene rings is 2. The number of hydrogen-bond acceptors (Lipinski definition) is 7. The fourth-order valence-electron chi connectivity index (χ4n) is 3.57. The Bertz CT molecular complexity index is 1360. The minimum Gasteiger partial charge on any atom is -0.438 e. The molecule has 4 aromatic rings. The van der Waals surface area contributed by atoms with E-state index in [0.717, 1.165) is 10.7 Å². The molecule has 0 spiro atoms. The summed E-state index contributed by atoms with van der Waals surface area (Å²) in [5.41, 5.74) is 1.10. The zero-order chi connectivity index (χ0) is 23.7. The first-order valence-electron chi connectivity index (χ1n) is 10.4. The predicted octanol–water partition coefficient (Wildman–Crippen LogP) is 3.00. The van der Waals surface area contributed by atoms with E-state index in [4.69, 9.17) is 4.74 Å². The van der Waals surface area contributed by atoms with Crippen LogP contribution in [0.4, 0.5) is 5.69 Å². The number of ether oxygens (including phenoxy) is 1. The minimum absolute atomic E-state index is 0.304. The maximum absolute atomic E-state index is 12.4. The number of rotatable bonds is 6. The van der Waals surface area contributed by atoms with Crippen molar-refractivity contribution in [3.05, 3.63) is 90.0 Å². The van der Waals surface area contributed by atoms with Crippen LogP contribution in [0, 0.1) is 6.92 Å². The van der Waals surface area contributed by atoms with Crippen LogP contribution in [0.1, 0.15) is 26.5 Å². The van der Waals surface area contributed by atoms with Crippen molar-refractivity contribution in [2.45, 2.75) is 6.92 Å². The number of hydrogen-bond donors (Lipinski definition) is 1. The molecule has 3 heterocycles. The van der Waals surface area contributed by atoms with Crippen LogP contribution in [0.3, 0.4) is 0 Å². The molecule has 0 bridgehead atoms. The van der Waals surface area contributed by atoms with Crippen molar-refractivity contribution in [3.63, 3.8) is 0 Å². The highest BCUT2D eigenvalue weighted by atomic mass is 16.5. The Kier molecular flexibility index (Phi) is 5.30. The van der Waals surface area contributed by atoms with Crippen LogP contribution in [-0.4, -0.2) is 48.9 Å². The third-order valence-corrected chi connectivity index (χ3v) is 5.24. The molecule has 10 nitrogen and oxygen atoms in total. The van der Waals surface area contributed by atoms with E-state index in [9.17, 15) is 14.4 Å². The Morgan fingerprint density at radius 1 is 0.941 bits per heavy atom. The molecule has 168 valence electrons. The van der Waals surface area contributed by atoms with Gasteiger partial charge in [0.25, 0.3) is 11.8 Å². The molecule has 0 unspecified atom stereocenters. The van der Waals surface area contributed by atoms with E-state index in [0.29, 0.717) is 34.3 Å². The Morgan fingerprint density at radius 2 is 1.65 bits per heavy atom. The van der Waals surface area contributed by atoms with Gasteiger partial charge in [0, 0.05) is 24.1 Å². The molecule has 1 aliphatic heterocycles. The molecule has 0 saturated carbocycles. The van der Waals surface area contributed by atoms with Crippen LogP contribution in [0.15, 0.2) is 73.1 Å². The van der Waals surface area contributed by atoms with Gasteiger partial charge in [0.2, 0.25) is 11.8 Å². The van der Waals surface area contributed by atoms with Gasteiger partial charge in [-0.2, -0.15) is 0 Å². The van der Waals surface area contributed by atoms with Gasteiger partial charge >= 0.3 is 0 Å². The summed E-state index contributed by atoms with van der Waals surface area (Å²) >= 11 is 0. The van der Waals surface area contributed by atoms with E-state index < -0.39 is 17.7 Å². The molecule has 3 amide bonds. The second-order valence-electron chi connectivity index (χ2n) is 7.49. The quantitative estimate of drug-likeness (QED) is 0.445. The largest absolute Gasteiger partial charge is 0.438 e. The number of aryl methyl sites for hydroxylation is 1. The summed E-state index contributed by atoms with van der Waals surface area (Å²) in [6, 6.07) is 16.6. The Balaban J connectivity index is 1.19. The van der Waals surface area contributed by atoms with Crippen molar-refractivity contribution >= 4 is 23.4 Å². The summed E-state index contributed by atoms with van der Waals surface area (Å²) in [6.07, 6.45) is 3.48. The zero-order valence-electron chi connectivity index (χ0n) is 18.0. The maximum atomic E-state index is 12.4. The normalized spacial score (nSPS) is 12.6. The summed E-state index contributed by atoms with van der Waals surface area (Å²) < 4.78 is 7.51. The number of nitrogens with one attached hydrogen (secondary N) is 1. The molecule has 2 aromatic heterocycles. The third-order valence-electron chi connectivity index (χ3n) is 5.24. The van der Waals surface area contributed by atoms with Gasteiger partial charge in [0.05, 0.1) is 11.1 Å². The van der Waals surface area contributed by atoms with Gasteiger partial charge in [-0.1, -0.05) is 12.1 Å². The fraction of sp³-hybridized carbons (Fsp3) is 0.0833. The van der Waals surface area contributed by atoms with Crippen molar-refractivity contribution in [2.24, 2.45) is 0 Å². The van der Waals surface area contributed by atoms with Crippen LogP contribution in [-0.2, 0) is 4.79 Å². The molecule has 0 radical (unpaired) electrons. The monoisotopic (exact) mass is 454 g/mol. The molecule has 0 saturated heterocycles. The molecular formula is C24H18N6O4. The number of amides is 3. The van der Waals surface area contributed by atoms with Gasteiger partial charge < -0.3 is 10.1 Å². The van der Waals surface area contributed by atoms with Crippen molar-refractivity contribution in [3.8, 4) is 17.4 Å².